The van der Waals surface area contributed by atoms with E-state index in [9.17, 15) is 9.90 Å². The van der Waals surface area contributed by atoms with Crippen LogP contribution in [0, 0.1) is 13.8 Å². The van der Waals surface area contributed by atoms with Crippen molar-refractivity contribution >= 4 is 6.03 Å². The van der Waals surface area contributed by atoms with E-state index in [4.69, 9.17) is 4.42 Å². The molecule has 0 aliphatic rings. The molecule has 3 N–H and O–H groups in total. The van der Waals surface area contributed by atoms with E-state index in [1.165, 1.54) is 6.26 Å². The predicted molar refractivity (Wildman–Crippen MR) is 81.4 cm³/mol. The standard InChI is InChI=1S/C15H22N4O3/c1-11-9-12(2)19(18-11)7-4-6-16-15(21)17-10-13(20)14-5-3-8-22-14/h3,5,8-9,13,20H,4,6-7,10H2,1-2H3,(H2,16,17,21). The number of aliphatic hydroxyl groups excluding tert-OH is 1. The van der Waals surface area contributed by atoms with Gasteiger partial charge in [0.1, 0.15) is 11.9 Å². The molecule has 22 heavy (non-hydrogen) atoms. The maximum absolute atomic E-state index is 11.6. The summed E-state index contributed by atoms with van der Waals surface area (Å²) in [6.45, 7) is 5.38. The fourth-order valence-corrected chi connectivity index (χ4v) is 2.17. The summed E-state index contributed by atoms with van der Waals surface area (Å²) < 4.78 is 6.98. The Balaban J connectivity index is 1.61. The van der Waals surface area contributed by atoms with E-state index in [0.717, 1.165) is 24.4 Å². The summed E-state index contributed by atoms with van der Waals surface area (Å²) in [6.07, 6.45) is 1.43. The molecule has 7 nitrogen and oxygen atoms in total. The summed E-state index contributed by atoms with van der Waals surface area (Å²) in [6, 6.07) is 5.07. The second-order valence-electron chi connectivity index (χ2n) is 5.17. The van der Waals surface area contributed by atoms with E-state index >= 15 is 0 Å². The molecule has 0 bridgehead atoms. The van der Waals surface area contributed by atoms with Crippen LogP contribution in [0.25, 0.3) is 0 Å². The average molecular weight is 306 g/mol. The summed E-state index contributed by atoms with van der Waals surface area (Å²) in [4.78, 5) is 11.6. The Hall–Kier alpha value is -2.28. The SMILES string of the molecule is Cc1cc(C)n(CCCNC(=O)NCC(O)c2ccco2)n1. The molecule has 1 atom stereocenters. The molecular weight excluding hydrogens is 284 g/mol. The van der Waals surface area contributed by atoms with Gasteiger partial charge in [-0.25, -0.2) is 4.79 Å². The van der Waals surface area contributed by atoms with Gasteiger partial charge in [-0.05, 0) is 38.5 Å². The maximum atomic E-state index is 11.6. The second kappa shape index (κ2) is 7.65. The van der Waals surface area contributed by atoms with Gasteiger partial charge in [0.25, 0.3) is 0 Å². The summed E-state index contributed by atoms with van der Waals surface area (Å²) in [5.41, 5.74) is 2.11. The molecule has 7 heteroatoms. The van der Waals surface area contributed by atoms with Crippen LogP contribution in [0.2, 0.25) is 0 Å². The van der Waals surface area contributed by atoms with Crippen LogP contribution in [-0.2, 0) is 6.54 Å². The Bertz CT molecular complexity index is 592. The van der Waals surface area contributed by atoms with Gasteiger partial charge in [0.15, 0.2) is 0 Å². The number of nitrogens with zero attached hydrogens (tertiary/aromatic N) is 2. The number of hydrogen-bond donors (Lipinski definition) is 3. The third kappa shape index (κ3) is 4.63. The predicted octanol–water partition coefficient (Wildman–Crippen LogP) is 1.52. The lowest BCUT2D eigenvalue weighted by Gasteiger charge is -2.11. The Morgan fingerprint density at radius 1 is 1.45 bits per heavy atom. The Morgan fingerprint density at radius 2 is 2.27 bits per heavy atom. The monoisotopic (exact) mass is 306 g/mol. The number of rotatable bonds is 7. The molecule has 2 amide bonds. The summed E-state index contributed by atoms with van der Waals surface area (Å²) in [5, 5.41) is 19.5. The Labute approximate surface area is 129 Å². The summed E-state index contributed by atoms with van der Waals surface area (Å²) in [7, 11) is 0. The molecule has 2 aromatic rings. The first-order valence-electron chi connectivity index (χ1n) is 7.30. The van der Waals surface area contributed by atoms with Crippen molar-refractivity contribution in [3.05, 3.63) is 41.6 Å². The van der Waals surface area contributed by atoms with E-state index in [-0.39, 0.29) is 12.6 Å². The fourth-order valence-electron chi connectivity index (χ4n) is 2.17. The third-order valence-electron chi connectivity index (χ3n) is 3.26. The first-order valence-corrected chi connectivity index (χ1v) is 7.30. The van der Waals surface area contributed by atoms with E-state index < -0.39 is 6.10 Å². The molecule has 0 saturated heterocycles. The van der Waals surface area contributed by atoms with Crippen LogP contribution in [0.4, 0.5) is 4.79 Å². The first kappa shape index (κ1) is 16.1. The Kier molecular flexibility index (Phi) is 5.60. The van der Waals surface area contributed by atoms with Crippen molar-refractivity contribution in [3.8, 4) is 0 Å². The molecule has 0 aromatic carbocycles. The smallest absolute Gasteiger partial charge is 0.314 e. The van der Waals surface area contributed by atoms with Gasteiger partial charge >= 0.3 is 6.03 Å². The van der Waals surface area contributed by atoms with Crippen molar-refractivity contribution < 1.29 is 14.3 Å². The van der Waals surface area contributed by atoms with Crippen LogP contribution in [0.15, 0.2) is 28.9 Å². The minimum atomic E-state index is -0.838. The normalized spacial score (nSPS) is 12.1. The van der Waals surface area contributed by atoms with Crippen molar-refractivity contribution in [3.63, 3.8) is 0 Å². The lowest BCUT2D eigenvalue weighted by atomic mass is 10.3. The molecule has 0 aliphatic heterocycles. The Morgan fingerprint density at radius 3 is 2.91 bits per heavy atom. The molecular formula is C15H22N4O3. The van der Waals surface area contributed by atoms with Gasteiger partial charge in [0.05, 0.1) is 18.5 Å². The zero-order valence-corrected chi connectivity index (χ0v) is 12.9. The fraction of sp³-hybridized carbons (Fsp3) is 0.467. The highest BCUT2D eigenvalue weighted by Crippen LogP contribution is 2.11. The van der Waals surface area contributed by atoms with Crippen LogP contribution in [0.5, 0.6) is 0 Å². The van der Waals surface area contributed by atoms with Gasteiger partial charge in [0.2, 0.25) is 0 Å². The lowest BCUT2D eigenvalue weighted by Crippen LogP contribution is -2.38. The summed E-state index contributed by atoms with van der Waals surface area (Å²) in [5.74, 6) is 0.435. The number of amides is 2. The van der Waals surface area contributed by atoms with Gasteiger partial charge in [0, 0.05) is 18.8 Å². The highest BCUT2D eigenvalue weighted by molar-refractivity contribution is 5.73. The number of aryl methyl sites for hydroxylation is 3. The van der Waals surface area contributed by atoms with Crippen molar-refractivity contribution in [2.24, 2.45) is 0 Å². The number of nitrogens with one attached hydrogen (secondary N) is 2. The minimum Gasteiger partial charge on any atom is -0.467 e. The van der Waals surface area contributed by atoms with Gasteiger partial charge in [-0.2, -0.15) is 5.10 Å². The van der Waals surface area contributed by atoms with Crippen LogP contribution in [-0.4, -0.2) is 34.0 Å². The van der Waals surface area contributed by atoms with E-state index in [0.29, 0.717) is 12.3 Å². The number of carbonyl (C=O) groups is 1. The number of furan rings is 1. The average Bonchev–Trinajstić information content (AvgIpc) is 3.11. The van der Waals surface area contributed by atoms with E-state index in [2.05, 4.69) is 15.7 Å². The van der Waals surface area contributed by atoms with Gasteiger partial charge < -0.3 is 20.2 Å². The number of carbonyl (C=O) groups excluding carboxylic acids is 1. The zero-order chi connectivity index (χ0) is 15.9. The van der Waals surface area contributed by atoms with Crippen molar-refractivity contribution in [1.82, 2.24) is 20.4 Å². The van der Waals surface area contributed by atoms with Gasteiger partial charge in [-0.1, -0.05) is 0 Å². The van der Waals surface area contributed by atoms with E-state index in [1.807, 2.05) is 24.6 Å². The van der Waals surface area contributed by atoms with Crippen LogP contribution < -0.4 is 10.6 Å². The van der Waals surface area contributed by atoms with Crippen LogP contribution in [0.1, 0.15) is 29.7 Å². The molecule has 1 unspecified atom stereocenters. The molecule has 0 spiro atoms. The molecule has 0 saturated carbocycles. The highest BCUT2D eigenvalue weighted by Gasteiger charge is 2.11. The third-order valence-corrected chi connectivity index (χ3v) is 3.26. The summed E-state index contributed by atoms with van der Waals surface area (Å²) >= 11 is 0. The van der Waals surface area contributed by atoms with Gasteiger partial charge in [-0.3, -0.25) is 4.68 Å². The maximum Gasteiger partial charge on any atom is 0.314 e. The second-order valence-corrected chi connectivity index (χ2v) is 5.17. The minimum absolute atomic E-state index is 0.108. The van der Waals surface area contributed by atoms with Crippen molar-refractivity contribution in [2.45, 2.75) is 32.9 Å². The molecule has 0 aliphatic carbocycles. The highest BCUT2D eigenvalue weighted by atomic mass is 16.4. The molecule has 2 heterocycles. The molecule has 2 rings (SSSR count). The lowest BCUT2D eigenvalue weighted by molar-refractivity contribution is 0.148. The first-order chi connectivity index (χ1) is 10.6. The topological polar surface area (TPSA) is 92.3 Å². The van der Waals surface area contributed by atoms with Gasteiger partial charge in [-0.15, -0.1) is 0 Å². The van der Waals surface area contributed by atoms with Crippen molar-refractivity contribution in [2.75, 3.05) is 13.1 Å². The molecule has 120 valence electrons. The van der Waals surface area contributed by atoms with Crippen LogP contribution in [0.3, 0.4) is 0 Å². The molecule has 0 fully saturated rings. The van der Waals surface area contributed by atoms with Crippen LogP contribution >= 0.6 is 0 Å². The number of hydrogen-bond acceptors (Lipinski definition) is 4. The number of urea groups is 1. The zero-order valence-electron chi connectivity index (χ0n) is 12.9. The van der Waals surface area contributed by atoms with Crippen molar-refractivity contribution in [1.29, 1.82) is 0 Å². The number of aliphatic hydroxyl groups is 1. The largest absolute Gasteiger partial charge is 0.467 e. The molecule has 2 aromatic heterocycles. The number of aromatic nitrogens is 2. The molecule has 0 radical (unpaired) electrons. The van der Waals surface area contributed by atoms with E-state index in [1.54, 1.807) is 12.1 Å². The quantitative estimate of drug-likeness (QED) is 0.676.